The third-order valence-corrected chi connectivity index (χ3v) is 9.09. The Balaban J connectivity index is 1.41. The van der Waals surface area contributed by atoms with E-state index in [-0.39, 0.29) is 36.2 Å². The number of benzene rings is 1. The van der Waals surface area contributed by atoms with Crippen molar-refractivity contribution in [2.45, 2.75) is 96.9 Å². The van der Waals surface area contributed by atoms with E-state index in [1.807, 2.05) is 18.7 Å². The van der Waals surface area contributed by atoms with Gasteiger partial charge in [0.25, 0.3) is 0 Å². The summed E-state index contributed by atoms with van der Waals surface area (Å²) in [7, 11) is 0.932. The first-order valence-corrected chi connectivity index (χ1v) is 14.3. The van der Waals surface area contributed by atoms with E-state index >= 15 is 0 Å². The van der Waals surface area contributed by atoms with Crippen molar-refractivity contribution in [3.8, 4) is 11.3 Å². The van der Waals surface area contributed by atoms with Gasteiger partial charge in [0.05, 0.1) is 24.4 Å². The molecule has 1 aromatic heterocycles. The second-order valence-corrected chi connectivity index (χ2v) is 12.5. The van der Waals surface area contributed by atoms with Crippen LogP contribution in [0.2, 0.25) is 0 Å². The largest absolute Gasteiger partial charge is 0.494 e. The quantitative estimate of drug-likeness (QED) is 0.531. The van der Waals surface area contributed by atoms with Crippen LogP contribution in [0.3, 0.4) is 0 Å². The number of nitrogens with one attached hydrogen (secondary N) is 2. The Morgan fingerprint density at radius 3 is 2.31 bits per heavy atom. The zero-order chi connectivity index (χ0) is 28.1. The average molecular weight is 535 g/mol. The molecule has 2 saturated heterocycles. The zero-order valence-corrected chi connectivity index (χ0v) is 24.3. The number of hydrogen-bond acceptors (Lipinski definition) is 5. The van der Waals surface area contributed by atoms with Gasteiger partial charge in [-0.2, -0.15) is 0 Å². The van der Waals surface area contributed by atoms with Gasteiger partial charge in [-0.3, -0.25) is 4.79 Å². The molecule has 0 spiro atoms. The molecule has 3 aliphatic rings. The van der Waals surface area contributed by atoms with Crippen molar-refractivity contribution in [3.05, 3.63) is 41.1 Å². The fraction of sp³-hybridized carbons (Fsp3) is 0.600. The molecule has 9 heteroatoms. The number of fused-ring (bicyclic) bond motifs is 1. The normalized spacial score (nSPS) is 22.3. The molecular formula is C30H42BN3O5. The second kappa shape index (κ2) is 10.3. The van der Waals surface area contributed by atoms with Gasteiger partial charge in [0.15, 0.2) is 0 Å². The number of alkyl carbamates (subject to hydrolysis) is 1. The maximum absolute atomic E-state index is 13.7. The maximum atomic E-state index is 13.7. The summed E-state index contributed by atoms with van der Waals surface area (Å²) < 4.78 is 17.3. The fourth-order valence-corrected chi connectivity index (χ4v) is 6.13. The minimum absolute atomic E-state index is 0.0252. The van der Waals surface area contributed by atoms with E-state index in [2.05, 4.69) is 62.3 Å². The van der Waals surface area contributed by atoms with Gasteiger partial charge >= 0.3 is 13.2 Å². The van der Waals surface area contributed by atoms with Crippen molar-refractivity contribution in [2.24, 2.45) is 5.92 Å². The lowest BCUT2D eigenvalue weighted by Gasteiger charge is -2.32. The number of H-pyrrole nitrogens is 1. The summed E-state index contributed by atoms with van der Waals surface area (Å²) in [5.41, 5.74) is 6.39. The molecule has 1 aromatic carbocycles. The van der Waals surface area contributed by atoms with Crippen molar-refractivity contribution in [1.29, 1.82) is 0 Å². The number of amides is 2. The molecule has 2 aromatic rings. The molecule has 2 amide bonds. The van der Waals surface area contributed by atoms with Crippen LogP contribution in [-0.4, -0.2) is 59.9 Å². The SMILES string of the molecule is COC(=O)N[C@H](C(=O)N1CCCC1c1[nH]c(-c2ccc(B3OC(C)(C)C(C)(C)O3)cc2)c2c1CCC2)C(C)C. The Kier molecular flexibility index (Phi) is 7.35. The standard InChI is InChI=1S/C30H42BN3O5/c1-18(2)24(33-28(36)37-7)27(35)34-17-9-12-23(34)26-22-11-8-10-21(22)25(32-26)19-13-15-20(16-14-19)31-38-29(3,4)30(5,6)39-31/h13-16,18,23-24,32H,8-12,17H2,1-7H3,(H,33,36)/t23?,24-/m0/s1. The van der Waals surface area contributed by atoms with Crippen molar-refractivity contribution in [2.75, 3.05) is 13.7 Å². The molecule has 2 N–H and O–H groups in total. The summed E-state index contributed by atoms with van der Waals surface area (Å²) in [5, 5.41) is 2.75. The number of ether oxygens (including phenoxy) is 1. The predicted molar refractivity (Wildman–Crippen MR) is 152 cm³/mol. The number of likely N-dealkylation sites (tertiary alicyclic amines) is 1. The summed E-state index contributed by atoms with van der Waals surface area (Å²) in [6, 6.07) is 7.82. The average Bonchev–Trinajstić information content (AvgIpc) is 3.65. The smallest absolute Gasteiger partial charge is 0.453 e. The highest BCUT2D eigenvalue weighted by atomic mass is 16.7. The van der Waals surface area contributed by atoms with Crippen LogP contribution in [0, 0.1) is 5.92 Å². The molecule has 0 radical (unpaired) electrons. The lowest BCUT2D eigenvalue weighted by atomic mass is 9.78. The fourth-order valence-electron chi connectivity index (χ4n) is 6.13. The van der Waals surface area contributed by atoms with Crippen molar-refractivity contribution in [1.82, 2.24) is 15.2 Å². The minimum atomic E-state index is -0.622. The van der Waals surface area contributed by atoms with Crippen LogP contribution in [0.5, 0.6) is 0 Å². The number of carbonyl (C=O) groups is 2. The van der Waals surface area contributed by atoms with Gasteiger partial charge in [-0.1, -0.05) is 38.1 Å². The molecule has 2 fully saturated rings. The van der Waals surface area contributed by atoms with E-state index in [4.69, 9.17) is 14.0 Å². The molecule has 1 unspecified atom stereocenters. The Morgan fingerprint density at radius 2 is 1.69 bits per heavy atom. The van der Waals surface area contributed by atoms with Crippen LogP contribution < -0.4 is 10.8 Å². The van der Waals surface area contributed by atoms with Crippen molar-refractivity contribution in [3.63, 3.8) is 0 Å². The van der Waals surface area contributed by atoms with E-state index in [0.717, 1.165) is 54.5 Å². The van der Waals surface area contributed by atoms with Gasteiger partial charge in [-0.25, -0.2) is 4.79 Å². The van der Waals surface area contributed by atoms with Gasteiger partial charge in [-0.15, -0.1) is 0 Å². The first-order valence-electron chi connectivity index (χ1n) is 14.3. The van der Waals surface area contributed by atoms with Gasteiger partial charge in [0.2, 0.25) is 5.91 Å². The summed E-state index contributed by atoms with van der Waals surface area (Å²) >= 11 is 0. The molecule has 8 nitrogen and oxygen atoms in total. The summed E-state index contributed by atoms with van der Waals surface area (Å²) in [6.45, 7) is 12.8. The summed E-state index contributed by atoms with van der Waals surface area (Å²) in [5.74, 6) is -0.0992. The van der Waals surface area contributed by atoms with Crippen LogP contribution in [0.1, 0.15) is 83.7 Å². The molecule has 5 rings (SSSR count). The van der Waals surface area contributed by atoms with Crippen molar-refractivity contribution < 1.29 is 23.6 Å². The van der Waals surface area contributed by atoms with Crippen LogP contribution in [0.25, 0.3) is 11.3 Å². The van der Waals surface area contributed by atoms with Gasteiger partial charge in [0, 0.05) is 17.9 Å². The zero-order valence-electron chi connectivity index (χ0n) is 24.3. The predicted octanol–water partition coefficient (Wildman–Crippen LogP) is 4.51. The van der Waals surface area contributed by atoms with Gasteiger partial charge < -0.3 is 29.2 Å². The van der Waals surface area contributed by atoms with E-state index in [0.29, 0.717) is 6.54 Å². The molecule has 2 aliphatic heterocycles. The van der Waals surface area contributed by atoms with E-state index in [1.165, 1.54) is 18.2 Å². The summed E-state index contributed by atoms with van der Waals surface area (Å²) in [4.78, 5) is 31.3. The van der Waals surface area contributed by atoms with Crippen LogP contribution >= 0.6 is 0 Å². The number of carbonyl (C=O) groups excluding carboxylic acids is 2. The molecule has 0 bridgehead atoms. The molecule has 39 heavy (non-hydrogen) atoms. The van der Waals surface area contributed by atoms with Crippen LogP contribution in [0.15, 0.2) is 24.3 Å². The topological polar surface area (TPSA) is 92.9 Å². The monoisotopic (exact) mass is 535 g/mol. The lowest BCUT2D eigenvalue weighted by molar-refractivity contribution is -0.135. The van der Waals surface area contributed by atoms with Crippen LogP contribution in [-0.2, 0) is 31.7 Å². The van der Waals surface area contributed by atoms with Gasteiger partial charge in [-0.05, 0) is 87.9 Å². The highest BCUT2D eigenvalue weighted by Crippen LogP contribution is 2.42. The summed E-state index contributed by atoms with van der Waals surface area (Å²) in [6.07, 6.45) is 4.42. The van der Waals surface area contributed by atoms with Crippen LogP contribution in [0.4, 0.5) is 4.79 Å². The first-order chi connectivity index (χ1) is 18.4. The van der Waals surface area contributed by atoms with E-state index < -0.39 is 12.1 Å². The lowest BCUT2D eigenvalue weighted by Crippen LogP contribution is -2.51. The number of rotatable bonds is 6. The number of aromatic amines is 1. The first kappa shape index (κ1) is 27.8. The highest BCUT2D eigenvalue weighted by molar-refractivity contribution is 6.62. The molecule has 3 heterocycles. The third kappa shape index (κ3) is 5.00. The third-order valence-electron chi connectivity index (χ3n) is 9.09. The van der Waals surface area contributed by atoms with Crippen molar-refractivity contribution >= 4 is 24.6 Å². The Labute approximate surface area is 232 Å². The Bertz CT molecular complexity index is 1220. The number of nitrogens with zero attached hydrogens (tertiary/aromatic N) is 1. The molecule has 0 saturated carbocycles. The van der Waals surface area contributed by atoms with E-state index in [9.17, 15) is 9.59 Å². The molecular weight excluding hydrogens is 493 g/mol. The molecule has 1 aliphatic carbocycles. The van der Waals surface area contributed by atoms with Gasteiger partial charge in [0.1, 0.15) is 6.04 Å². The maximum Gasteiger partial charge on any atom is 0.494 e. The number of aromatic nitrogens is 1. The number of methoxy groups -OCH3 is 1. The molecule has 210 valence electrons. The Hall–Kier alpha value is -2.78. The van der Waals surface area contributed by atoms with E-state index in [1.54, 1.807) is 0 Å². The molecule has 2 atom stereocenters. The number of hydrogen-bond donors (Lipinski definition) is 2. The minimum Gasteiger partial charge on any atom is -0.453 e. The second-order valence-electron chi connectivity index (χ2n) is 12.5. The Morgan fingerprint density at radius 1 is 1.05 bits per heavy atom. The highest BCUT2D eigenvalue weighted by Gasteiger charge is 2.51.